The van der Waals surface area contributed by atoms with Crippen molar-refractivity contribution < 1.29 is 19.0 Å². The molecule has 1 heterocycles. The lowest BCUT2D eigenvalue weighted by Crippen LogP contribution is -2.48. The summed E-state index contributed by atoms with van der Waals surface area (Å²) in [5.74, 6) is 0.666. The summed E-state index contributed by atoms with van der Waals surface area (Å²) in [4.78, 5) is 12.5. The van der Waals surface area contributed by atoms with Gasteiger partial charge >= 0.3 is 0 Å². The zero-order valence-corrected chi connectivity index (χ0v) is 14.1. The van der Waals surface area contributed by atoms with E-state index in [1.54, 1.807) is 25.3 Å². The van der Waals surface area contributed by atoms with Gasteiger partial charge in [0, 0.05) is 11.6 Å². The first-order valence-electron chi connectivity index (χ1n) is 7.24. The summed E-state index contributed by atoms with van der Waals surface area (Å²) in [5.41, 5.74) is -0.111. The number of amides is 1. The summed E-state index contributed by atoms with van der Waals surface area (Å²) in [6.45, 7) is 6.51. The molecule has 22 heavy (non-hydrogen) atoms. The highest BCUT2D eigenvalue weighted by atomic mass is 35.5. The van der Waals surface area contributed by atoms with E-state index in [4.69, 9.17) is 25.8 Å². The lowest BCUT2D eigenvalue weighted by atomic mass is 9.90. The van der Waals surface area contributed by atoms with Gasteiger partial charge in [-0.3, -0.25) is 4.79 Å². The van der Waals surface area contributed by atoms with Gasteiger partial charge in [0.05, 0.1) is 30.8 Å². The average molecular weight is 328 g/mol. The number of ether oxygens (including phenoxy) is 3. The molecule has 0 spiro atoms. The van der Waals surface area contributed by atoms with Crippen LogP contribution in [0.2, 0.25) is 5.02 Å². The van der Waals surface area contributed by atoms with Crippen LogP contribution in [0.1, 0.15) is 20.8 Å². The van der Waals surface area contributed by atoms with Crippen molar-refractivity contribution in [3.63, 3.8) is 0 Å². The van der Waals surface area contributed by atoms with Crippen LogP contribution in [0.4, 0.5) is 5.69 Å². The molecule has 122 valence electrons. The maximum absolute atomic E-state index is 12.5. The van der Waals surface area contributed by atoms with Crippen LogP contribution in [0.25, 0.3) is 0 Å². The minimum atomic E-state index is -0.724. The summed E-state index contributed by atoms with van der Waals surface area (Å²) < 4.78 is 16.4. The summed E-state index contributed by atoms with van der Waals surface area (Å²) in [5, 5.41) is 3.30. The Labute approximate surface area is 135 Å². The standard InChI is InChI=1S/C16H22ClNO4/c1-10(2)14-21-8-16(3,9-22-14)15(19)18-11-5-6-13(20-4)12(17)7-11/h5-7,10,14H,8-9H2,1-4H3,(H,18,19). The molecular weight excluding hydrogens is 306 g/mol. The van der Waals surface area contributed by atoms with Gasteiger partial charge in [0.25, 0.3) is 0 Å². The number of hydrogen-bond donors (Lipinski definition) is 1. The molecule has 0 atom stereocenters. The van der Waals surface area contributed by atoms with Gasteiger partial charge in [-0.15, -0.1) is 0 Å². The first kappa shape index (κ1) is 17.1. The molecule has 1 aliphatic rings. The second-order valence-electron chi connectivity index (χ2n) is 6.10. The van der Waals surface area contributed by atoms with E-state index in [0.29, 0.717) is 29.7 Å². The summed E-state index contributed by atoms with van der Waals surface area (Å²) in [7, 11) is 1.54. The SMILES string of the molecule is COc1ccc(NC(=O)C2(C)COC(C(C)C)OC2)cc1Cl. The van der Waals surface area contributed by atoms with Gasteiger partial charge in [0.1, 0.15) is 5.75 Å². The smallest absolute Gasteiger partial charge is 0.234 e. The molecule has 0 saturated carbocycles. The van der Waals surface area contributed by atoms with Gasteiger partial charge in [-0.1, -0.05) is 25.4 Å². The van der Waals surface area contributed by atoms with Crippen molar-refractivity contribution in [3.8, 4) is 5.75 Å². The maximum atomic E-state index is 12.5. The number of anilines is 1. The van der Waals surface area contributed by atoms with E-state index in [-0.39, 0.29) is 18.1 Å². The van der Waals surface area contributed by atoms with Crippen LogP contribution in [-0.4, -0.2) is 32.5 Å². The number of carbonyl (C=O) groups is 1. The van der Waals surface area contributed by atoms with Gasteiger partial charge in [-0.05, 0) is 25.1 Å². The lowest BCUT2D eigenvalue weighted by Gasteiger charge is -2.37. The Morgan fingerprint density at radius 3 is 2.55 bits per heavy atom. The molecule has 0 aliphatic carbocycles. The Bertz CT molecular complexity index is 539. The van der Waals surface area contributed by atoms with Crippen molar-refractivity contribution in [3.05, 3.63) is 23.2 Å². The van der Waals surface area contributed by atoms with E-state index < -0.39 is 5.41 Å². The molecule has 1 fully saturated rings. The fraction of sp³-hybridized carbons (Fsp3) is 0.562. The molecule has 0 bridgehead atoms. The van der Waals surface area contributed by atoms with Crippen molar-refractivity contribution in [1.82, 2.24) is 0 Å². The lowest BCUT2D eigenvalue weighted by molar-refractivity contribution is -0.237. The molecule has 0 unspecified atom stereocenters. The number of benzene rings is 1. The van der Waals surface area contributed by atoms with Crippen molar-refractivity contribution in [2.45, 2.75) is 27.1 Å². The third kappa shape index (κ3) is 3.72. The van der Waals surface area contributed by atoms with E-state index in [9.17, 15) is 4.79 Å². The number of nitrogens with one attached hydrogen (secondary N) is 1. The predicted octanol–water partition coefficient (Wildman–Crippen LogP) is 3.32. The topological polar surface area (TPSA) is 56.8 Å². The molecule has 1 amide bonds. The number of carbonyl (C=O) groups excluding carboxylic acids is 1. The van der Waals surface area contributed by atoms with Crippen molar-refractivity contribution in [2.24, 2.45) is 11.3 Å². The number of methoxy groups -OCH3 is 1. The first-order chi connectivity index (χ1) is 10.4. The maximum Gasteiger partial charge on any atom is 0.234 e. The third-order valence-electron chi connectivity index (χ3n) is 3.63. The fourth-order valence-electron chi connectivity index (χ4n) is 2.16. The first-order valence-corrected chi connectivity index (χ1v) is 7.62. The molecular formula is C16H22ClNO4. The number of halogens is 1. The minimum Gasteiger partial charge on any atom is -0.495 e. The zero-order valence-electron chi connectivity index (χ0n) is 13.3. The van der Waals surface area contributed by atoms with Crippen LogP contribution in [0, 0.1) is 11.3 Å². The average Bonchev–Trinajstić information content (AvgIpc) is 2.48. The van der Waals surface area contributed by atoms with Crippen molar-refractivity contribution in [1.29, 1.82) is 0 Å². The highest BCUT2D eigenvalue weighted by Crippen LogP contribution is 2.31. The van der Waals surface area contributed by atoms with Crippen molar-refractivity contribution in [2.75, 3.05) is 25.6 Å². The second kappa shape index (κ2) is 6.86. The van der Waals surface area contributed by atoms with Crippen LogP contribution in [-0.2, 0) is 14.3 Å². The minimum absolute atomic E-state index is 0.157. The monoisotopic (exact) mass is 327 g/mol. The molecule has 1 aromatic carbocycles. The van der Waals surface area contributed by atoms with E-state index in [0.717, 1.165) is 0 Å². The molecule has 1 saturated heterocycles. The summed E-state index contributed by atoms with van der Waals surface area (Å²) in [6, 6.07) is 5.11. The Hall–Kier alpha value is -1.30. The van der Waals surface area contributed by atoms with Crippen LogP contribution >= 0.6 is 11.6 Å². The Morgan fingerprint density at radius 2 is 2.05 bits per heavy atom. The van der Waals surface area contributed by atoms with Gasteiger partial charge in [0.2, 0.25) is 5.91 Å². The largest absolute Gasteiger partial charge is 0.495 e. The Kier molecular flexibility index (Phi) is 5.32. The van der Waals surface area contributed by atoms with E-state index in [2.05, 4.69) is 5.32 Å². The molecule has 0 radical (unpaired) electrons. The number of hydrogen-bond acceptors (Lipinski definition) is 4. The van der Waals surface area contributed by atoms with Gasteiger partial charge < -0.3 is 19.5 Å². The molecule has 1 aromatic rings. The normalized spacial score (nSPS) is 25.1. The molecule has 2 rings (SSSR count). The summed E-state index contributed by atoms with van der Waals surface area (Å²) >= 11 is 6.06. The fourth-order valence-corrected chi connectivity index (χ4v) is 2.42. The molecule has 1 aliphatic heterocycles. The van der Waals surface area contributed by atoms with Gasteiger partial charge in [-0.2, -0.15) is 0 Å². The second-order valence-corrected chi connectivity index (χ2v) is 6.51. The highest BCUT2D eigenvalue weighted by Gasteiger charge is 2.40. The van der Waals surface area contributed by atoms with Crippen LogP contribution < -0.4 is 10.1 Å². The van der Waals surface area contributed by atoms with Crippen LogP contribution in [0.3, 0.4) is 0 Å². The number of rotatable bonds is 4. The van der Waals surface area contributed by atoms with Crippen LogP contribution in [0.5, 0.6) is 5.75 Å². The molecule has 1 N–H and O–H groups in total. The zero-order chi connectivity index (χ0) is 16.3. The van der Waals surface area contributed by atoms with Crippen LogP contribution in [0.15, 0.2) is 18.2 Å². The Morgan fingerprint density at radius 1 is 1.41 bits per heavy atom. The van der Waals surface area contributed by atoms with E-state index in [1.807, 2.05) is 20.8 Å². The van der Waals surface area contributed by atoms with Crippen molar-refractivity contribution >= 4 is 23.2 Å². The van der Waals surface area contributed by atoms with Gasteiger partial charge in [0.15, 0.2) is 6.29 Å². The molecule has 0 aromatic heterocycles. The molecule has 5 nitrogen and oxygen atoms in total. The Balaban J connectivity index is 2.01. The quantitative estimate of drug-likeness (QED) is 0.921. The third-order valence-corrected chi connectivity index (χ3v) is 3.93. The van der Waals surface area contributed by atoms with E-state index >= 15 is 0 Å². The predicted molar refractivity (Wildman–Crippen MR) is 85.3 cm³/mol. The van der Waals surface area contributed by atoms with Gasteiger partial charge in [-0.25, -0.2) is 0 Å². The van der Waals surface area contributed by atoms with E-state index in [1.165, 1.54) is 0 Å². The summed E-state index contributed by atoms with van der Waals surface area (Å²) in [6.07, 6.45) is -0.253. The molecule has 6 heteroatoms. The highest BCUT2D eigenvalue weighted by molar-refractivity contribution is 6.32.